The molecule has 3 nitrogen and oxygen atoms in total. The van der Waals surface area contributed by atoms with E-state index in [0.29, 0.717) is 17.5 Å². The van der Waals surface area contributed by atoms with Gasteiger partial charge < -0.3 is 5.11 Å². The van der Waals surface area contributed by atoms with Crippen LogP contribution in [0.15, 0.2) is 0 Å². The van der Waals surface area contributed by atoms with Crippen molar-refractivity contribution in [2.45, 2.75) is 52.1 Å². The van der Waals surface area contributed by atoms with Crippen LogP contribution in [0, 0.1) is 18.8 Å². The van der Waals surface area contributed by atoms with Crippen LogP contribution in [0.3, 0.4) is 0 Å². The van der Waals surface area contributed by atoms with Gasteiger partial charge in [-0.15, -0.1) is 0 Å². The van der Waals surface area contributed by atoms with E-state index in [2.05, 4.69) is 12.0 Å². The van der Waals surface area contributed by atoms with Gasteiger partial charge in [0.05, 0.1) is 11.8 Å². The minimum absolute atomic E-state index is 0.280. The molecule has 4 heteroatoms. The maximum atomic E-state index is 10.4. The molecule has 18 heavy (non-hydrogen) atoms. The molecule has 1 N–H and O–H groups in total. The van der Waals surface area contributed by atoms with Gasteiger partial charge in [0, 0.05) is 19.0 Å². The number of hydrogen-bond donors (Lipinski definition) is 1. The average molecular weight is 271 g/mol. The number of halogens is 1. The molecule has 0 spiro atoms. The monoisotopic (exact) mass is 270 g/mol. The molecule has 1 saturated carbocycles. The lowest BCUT2D eigenvalue weighted by molar-refractivity contribution is 0.0759. The fourth-order valence-electron chi connectivity index (χ4n) is 2.95. The first kappa shape index (κ1) is 13.9. The van der Waals surface area contributed by atoms with Gasteiger partial charge in [-0.1, -0.05) is 31.4 Å². The Morgan fingerprint density at radius 2 is 2.00 bits per heavy atom. The van der Waals surface area contributed by atoms with E-state index in [1.807, 2.05) is 14.0 Å². The fourth-order valence-corrected chi connectivity index (χ4v) is 3.20. The van der Waals surface area contributed by atoms with Crippen LogP contribution >= 0.6 is 11.6 Å². The number of aliphatic hydroxyl groups excluding tert-OH is 1. The normalized spacial score (nSPS) is 26.3. The van der Waals surface area contributed by atoms with E-state index in [9.17, 15) is 5.11 Å². The third-order valence-corrected chi connectivity index (χ3v) is 4.76. The van der Waals surface area contributed by atoms with Crippen LogP contribution < -0.4 is 0 Å². The van der Waals surface area contributed by atoms with Crippen molar-refractivity contribution in [2.75, 3.05) is 0 Å². The molecule has 0 aromatic carbocycles. The Hall–Kier alpha value is -0.540. The number of nitrogens with zero attached hydrogens (tertiary/aromatic N) is 2. The number of aryl methyl sites for hydroxylation is 2. The van der Waals surface area contributed by atoms with Gasteiger partial charge in [-0.05, 0) is 31.6 Å². The second kappa shape index (κ2) is 5.62. The van der Waals surface area contributed by atoms with Crippen molar-refractivity contribution in [3.8, 4) is 0 Å². The van der Waals surface area contributed by atoms with Crippen molar-refractivity contribution in [2.24, 2.45) is 18.9 Å². The van der Waals surface area contributed by atoms with Crippen LogP contribution in [0.5, 0.6) is 0 Å². The molecule has 0 amide bonds. The van der Waals surface area contributed by atoms with E-state index in [0.717, 1.165) is 30.0 Å². The zero-order valence-electron chi connectivity index (χ0n) is 11.5. The van der Waals surface area contributed by atoms with E-state index in [-0.39, 0.29) is 6.10 Å². The van der Waals surface area contributed by atoms with Gasteiger partial charge in [-0.2, -0.15) is 5.10 Å². The zero-order valence-corrected chi connectivity index (χ0v) is 12.2. The number of hydrogen-bond acceptors (Lipinski definition) is 2. The van der Waals surface area contributed by atoms with Gasteiger partial charge in [0.15, 0.2) is 0 Å². The largest absolute Gasteiger partial charge is 0.392 e. The second-order valence-electron chi connectivity index (χ2n) is 5.77. The summed E-state index contributed by atoms with van der Waals surface area (Å²) < 4.78 is 1.68. The Morgan fingerprint density at radius 1 is 1.39 bits per heavy atom. The molecule has 1 aliphatic rings. The molecule has 1 aliphatic carbocycles. The highest BCUT2D eigenvalue weighted by Crippen LogP contribution is 2.32. The summed E-state index contributed by atoms with van der Waals surface area (Å²) in [6.07, 6.45) is 5.11. The molecule has 0 bridgehead atoms. The maximum Gasteiger partial charge on any atom is 0.130 e. The highest BCUT2D eigenvalue weighted by Gasteiger charge is 2.26. The van der Waals surface area contributed by atoms with Crippen molar-refractivity contribution in [3.05, 3.63) is 16.4 Å². The standard InChI is InChI=1S/C14H23ClN2O/c1-9-4-6-11(7-5-9)13(18)8-12-10(2)16-17(3)14(12)15/h9,11,13,18H,4-8H2,1-3H3. The van der Waals surface area contributed by atoms with Crippen LogP contribution in [-0.2, 0) is 13.5 Å². The Labute approximate surface area is 114 Å². The highest BCUT2D eigenvalue weighted by molar-refractivity contribution is 6.30. The minimum Gasteiger partial charge on any atom is -0.392 e. The smallest absolute Gasteiger partial charge is 0.130 e. The predicted octanol–water partition coefficient (Wildman–Crippen LogP) is 3.11. The van der Waals surface area contributed by atoms with Crippen molar-refractivity contribution < 1.29 is 5.11 Å². The first-order valence-electron chi connectivity index (χ1n) is 6.85. The summed E-state index contributed by atoms with van der Waals surface area (Å²) in [6, 6.07) is 0. The SMILES string of the molecule is Cc1nn(C)c(Cl)c1CC(O)C1CCC(C)CC1. The maximum absolute atomic E-state index is 10.4. The third kappa shape index (κ3) is 2.89. The topological polar surface area (TPSA) is 38.0 Å². The number of aromatic nitrogens is 2. The lowest BCUT2D eigenvalue weighted by Crippen LogP contribution is -2.27. The van der Waals surface area contributed by atoms with Gasteiger partial charge in [0.25, 0.3) is 0 Å². The summed E-state index contributed by atoms with van der Waals surface area (Å²) in [5.41, 5.74) is 1.94. The first-order chi connectivity index (χ1) is 8.49. The highest BCUT2D eigenvalue weighted by atomic mass is 35.5. The Bertz CT molecular complexity index is 408. The Balaban J connectivity index is 2.00. The summed E-state index contributed by atoms with van der Waals surface area (Å²) in [5.74, 6) is 1.24. The summed E-state index contributed by atoms with van der Waals surface area (Å²) in [7, 11) is 1.84. The molecule has 1 aromatic rings. The summed E-state index contributed by atoms with van der Waals surface area (Å²) in [4.78, 5) is 0. The van der Waals surface area contributed by atoms with Gasteiger partial charge in [0.2, 0.25) is 0 Å². The molecule has 1 atom stereocenters. The fraction of sp³-hybridized carbons (Fsp3) is 0.786. The van der Waals surface area contributed by atoms with E-state index in [4.69, 9.17) is 11.6 Å². The van der Waals surface area contributed by atoms with Crippen LogP contribution in [0.1, 0.15) is 43.9 Å². The van der Waals surface area contributed by atoms with Crippen LogP contribution in [-0.4, -0.2) is 21.0 Å². The lowest BCUT2D eigenvalue weighted by atomic mass is 9.79. The molecular formula is C14H23ClN2O. The van der Waals surface area contributed by atoms with Gasteiger partial charge >= 0.3 is 0 Å². The molecule has 102 valence electrons. The third-order valence-electron chi connectivity index (χ3n) is 4.29. The van der Waals surface area contributed by atoms with Gasteiger partial charge in [0.1, 0.15) is 5.15 Å². The molecule has 1 fully saturated rings. The Morgan fingerprint density at radius 3 is 2.50 bits per heavy atom. The summed E-state index contributed by atoms with van der Waals surface area (Å²) in [5, 5.41) is 15.3. The van der Waals surface area contributed by atoms with Crippen molar-refractivity contribution in [1.29, 1.82) is 0 Å². The van der Waals surface area contributed by atoms with E-state index < -0.39 is 0 Å². The summed E-state index contributed by atoms with van der Waals surface area (Å²) >= 11 is 6.21. The molecule has 1 unspecified atom stereocenters. The molecule has 0 aliphatic heterocycles. The predicted molar refractivity (Wildman–Crippen MR) is 73.8 cm³/mol. The number of rotatable bonds is 3. The quantitative estimate of drug-likeness (QED) is 0.916. The van der Waals surface area contributed by atoms with Crippen molar-refractivity contribution in [1.82, 2.24) is 9.78 Å². The minimum atomic E-state index is -0.280. The molecule has 1 aromatic heterocycles. The van der Waals surface area contributed by atoms with Crippen LogP contribution in [0.25, 0.3) is 0 Å². The van der Waals surface area contributed by atoms with E-state index in [1.165, 1.54) is 12.8 Å². The van der Waals surface area contributed by atoms with Crippen molar-refractivity contribution in [3.63, 3.8) is 0 Å². The zero-order chi connectivity index (χ0) is 13.3. The first-order valence-corrected chi connectivity index (χ1v) is 7.23. The molecular weight excluding hydrogens is 248 g/mol. The van der Waals surface area contributed by atoms with E-state index >= 15 is 0 Å². The molecule has 0 saturated heterocycles. The molecule has 1 heterocycles. The van der Waals surface area contributed by atoms with Crippen molar-refractivity contribution >= 4 is 11.6 Å². The Kier molecular flexibility index (Phi) is 4.33. The summed E-state index contributed by atoms with van der Waals surface area (Å²) in [6.45, 7) is 4.25. The van der Waals surface area contributed by atoms with E-state index in [1.54, 1.807) is 4.68 Å². The van der Waals surface area contributed by atoms with Gasteiger partial charge in [-0.3, -0.25) is 4.68 Å². The molecule has 0 radical (unpaired) electrons. The second-order valence-corrected chi connectivity index (χ2v) is 6.13. The molecule has 2 rings (SSSR count). The van der Waals surface area contributed by atoms with Crippen LogP contribution in [0.2, 0.25) is 5.15 Å². The average Bonchev–Trinajstić information content (AvgIpc) is 2.57. The van der Waals surface area contributed by atoms with Gasteiger partial charge in [-0.25, -0.2) is 0 Å². The number of aliphatic hydroxyl groups is 1. The lowest BCUT2D eigenvalue weighted by Gasteiger charge is -2.29. The van der Waals surface area contributed by atoms with Crippen LogP contribution in [0.4, 0.5) is 0 Å².